The fourth-order valence-electron chi connectivity index (χ4n) is 1.28. The molecule has 0 aromatic carbocycles. The number of carboxylic acid groups (broad SMARTS) is 1. The first-order chi connectivity index (χ1) is 8.32. The van der Waals surface area contributed by atoms with Crippen LogP contribution in [0.4, 0.5) is 0 Å². The van der Waals surface area contributed by atoms with Gasteiger partial charge >= 0.3 is 5.97 Å². The monoisotopic (exact) mass is 254 g/mol. The summed E-state index contributed by atoms with van der Waals surface area (Å²) < 4.78 is 4.92. The summed E-state index contributed by atoms with van der Waals surface area (Å²) in [5, 5.41) is 15.2. The van der Waals surface area contributed by atoms with Crippen molar-refractivity contribution in [1.29, 1.82) is 0 Å². The number of carbonyl (C=O) groups excluding carboxylic acids is 1. The molecule has 18 heavy (non-hydrogen) atoms. The van der Waals surface area contributed by atoms with Gasteiger partial charge in [0, 0.05) is 12.1 Å². The molecule has 0 spiro atoms. The Hall–Kier alpha value is -1.85. The van der Waals surface area contributed by atoms with Crippen molar-refractivity contribution in [2.45, 2.75) is 39.7 Å². The molecular weight excluding hydrogens is 236 g/mol. The first-order valence-corrected chi connectivity index (χ1v) is 5.83. The zero-order valence-electron chi connectivity index (χ0n) is 10.9. The van der Waals surface area contributed by atoms with E-state index in [1.165, 1.54) is 6.92 Å². The fourth-order valence-corrected chi connectivity index (χ4v) is 1.28. The van der Waals surface area contributed by atoms with E-state index in [1.807, 2.05) is 13.8 Å². The number of nitrogens with zero attached hydrogens (tertiary/aromatic N) is 1. The standard InChI is InChI=1S/C12H18N2O4/c1-6(2)9-5-10(18-14-9)11(15)13-8(4)7(3)12(16)17/h5-8H,1-4H3,(H,13,15)(H,16,17). The Bertz CT molecular complexity index is 439. The lowest BCUT2D eigenvalue weighted by Gasteiger charge is -2.16. The molecule has 0 fully saturated rings. The Labute approximate surface area is 105 Å². The molecule has 2 atom stereocenters. The highest BCUT2D eigenvalue weighted by molar-refractivity contribution is 5.92. The lowest BCUT2D eigenvalue weighted by Crippen LogP contribution is -2.39. The van der Waals surface area contributed by atoms with Gasteiger partial charge in [-0.05, 0) is 19.8 Å². The third-order valence-corrected chi connectivity index (χ3v) is 2.84. The maximum Gasteiger partial charge on any atom is 0.308 e. The minimum absolute atomic E-state index is 0.100. The van der Waals surface area contributed by atoms with Gasteiger partial charge in [0.1, 0.15) is 0 Å². The van der Waals surface area contributed by atoms with E-state index in [9.17, 15) is 9.59 Å². The molecule has 1 aromatic rings. The van der Waals surface area contributed by atoms with Gasteiger partial charge in [0.15, 0.2) is 0 Å². The summed E-state index contributed by atoms with van der Waals surface area (Å²) in [5.74, 6) is -1.80. The number of carboxylic acids is 1. The highest BCUT2D eigenvalue weighted by atomic mass is 16.5. The second-order valence-electron chi connectivity index (χ2n) is 4.66. The Morgan fingerprint density at radius 1 is 1.33 bits per heavy atom. The smallest absolute Gasteiger partial charge is 0.308 e. The molecule has 2 N–H and O–H groups in total. The van der Waals surface area contributed by atoms with Gasteiger partial charge in [0.25, 0.3) is 5.91 Å². The molecule has 1 rings (SSSR count). The second kappa shape index (κ2) is 5.66. The Kier molecular flexibility index (Phi) is 4.47. The largest absolute Gasteiger partial charge is 0.481 e. The average molecular weight is 254 g/mol. The van der Waals surface area contributed by atoms with Gasteiger partial charge in [-0.1, -0.05) is 19.0 Å². The average Bonchev–Trinajstić information content (AvgIpc) is 2.76. The van der Waals surface area contributed by atoms with Crippen LogP contribution in [0.2, 0.25) is 0 Å². The summed E-state index contributed by atoms with van der Waals surface area (Å²) in [7, 11) is 0. The number of amides is 1. The van der Waals surface area contributed by atoms with Crippen LogP contribution in [0.5, 0.6) is 0 Å². The van der Waals surface area contributed by atoms with Gasteiger partial charge in [-0.25, -0.2) is 0 Å². The van der Waals surface area contributed by atoms with Crippen LogP contribution in [0.15, 0.2) is 10.6 Å². The third kappa shape index (κ3) is 3.32. The van der Waals surface area contributed by atoms with Crippen LogP contribution >= 0.6 is 0 Å². The fraction of sp³-hybridized carbons (Fsp3) is 0.583. The van der Waals surface area contributed by atoms with E-state index in [0.29, 0.717) is 5.69 Å². The number of aromatic nitrogens is 1. The first-order valence-electron chi connectivity index (χ1n) is 5.83. The predicted molar refractivity (Wildman–Crippen MR) is 64.3 cm³/mol. The number of rotatable bonds is 5. The van der Waals surface area contributed by atoms with E-state index < -0.39 is 23.8 Å². The van der Waals surface area contributed by atoms with Crippen molar-refractivity contribution < 1.29 is 19.2 Å². The molecule has 100 valence electrons. The number of carbonyl (C=O) groups is 2. The van der Waals surface area contributed by atoms with Crippen LogP contribution in [-0.2, 0) is 4.79 Å². The Morgan fingerprint density at radius 3 is 2.39 bits per heavy atom. The summed E-state index contributed by atoms with van der Waals surface area (Å²) in [6.45, 7) is 7.05. The molecule has 6 heteroatoms. The lowest BCUT2D eigenvalue weighted by molar-refractivity contribution is -0.141. The maximum atomic E-state index is 11.8. The SMILES string of the molecule is CC(C)c1cc(C(=O)NC(C)C(C)C(=O)O)on1. The van der Waals surface area contributed by atoms with Crippen LogP contribution in [0.25, 0.3) is 0 Å². The van der Waals surface area contributed by atoms with Crippen molar-refractivity contribution in [3.63, 3.8) is 0 Å². The highest BCUT2D eigenvalue weighted by Crippen LogP contribution is 2.14. The number of hydrogen-bond donors (Lipinski definition) is 2. The van der Waals surface area contributed by atoms with E-state index in [2.05, 4.69) is 10.5 Å². The highest BCUT2D eigenvalue weighted by Gasteiger charge is 2.23. The number of hydrogen-bond acceptors (Lipinski definition) is 4. The molecule has 1 aromatic heterocycles. The molecule has 2 unspecified atom stereocenters. The molecular formula is C12H18N2O4. The van der Waals surface area contributed by atoms with Crippen LogP contribution in [0, 0.1) is 5.92 Å². The zero-order valence-corrected chi connectivity index (χ0v) is 10.9. The van der Waals surface area contributed by atoms with Gasteiger partial charge in [0.2, 0.25) is 5.76 Å². The topological polar surface area (TPSA) is 92.4 Å². The Balaban J connectivity index is 2.67. The summed E-state index contributed by atoms with van der Waals surface area (Å²) in [6, 6.07) is 1.08. The molecule has 0 aliphatic carbocycles. The predicted octanol–water partition coefficient (Wildman–Crippen LogP) is 1.64. The van der Waals surface area contributed by atoms with Crippen LogP contribution in [-0.4, -0.2) is 28.2 Å². The van der Waals surface area contributed by atoms with Gasteiger partial charge in [-0.15, -0.1) is 0 Å². The van der Waals surface area contributed by atoms with Crippen molar-refractivity contribution in [2.75, 3.05) is 0 Å². The van der Waals surface area contributed by atoms with Gasteiger partial charge in [-0.3, -0.25) is 9.59 Å². The molecule has 0 saturated carbocycles. The molecule has 0 radical (unpaired) electrons. The second-order valence-corrected chi connectivity index (χ2v) is 4.66. The van der Waals surface area contributed by atoms with Crippen LogP contribution in [0.3, 0.4) is 0 Å². The zero-order chi connectivity index (χ0) is 13.9. The summed E-state index contributed by atoms with van der Waals surface area (Å²) in [4.78, 5) is 22.5. The molecule has 6 nitrogen and oxygen atoms in total. The van der Waals surface area contributed by atoms with Crippen molar-refractivity contribution in [3.05, 3.63) is 17.5 Å². The van der Waals surface area contributed by atoms with E-state index in [-0.39, 0.29) is 11.7 Å². The van der Waals surface area contributed by atoms with Gasteiger partial charge < -0.3 is 14.9 Å². The quantitative estimate of drug-likeness (QED) is 0.833. The summed E-state index contributed by atoms with van der Waals surface area (Å²) >= 11 is 0. The van der Waals surface area contributed by atoms with Crippen molar-refractivity contribution in [2.24, 2.45) is 5.92 Å². The summed E-state index contributed by atoms with van der Waals surface area (Å²) in [6.07, 6.45) is 0. The van der Waals surface area contributed by atoms with Crippen molar-refractivity contribution in [1.82, 2.24) is 10.5 Å². The van der Waals surface area contributed by atoms with Crippen molar-refractivity contribution >= 4 is 11.9 Å². The van der Waals surface area contributed by atoms with E-state index >= 15 is 0 Å². The molecule has 0 aliphatic rings. The Morgan fingerprint density at radius 2 is 1.94 bits per heavy atom. The van der Waals surface area contributed by atoms with Gasteiger partial charge in [0.05, 0.1) is 11.6 Å². The van der Waals surface area contributed by atoms with E-state index in [0.717, 1.165) is 0 Å². The first kappa shape index (κ1) is 14.2. The molecule has 0 aliphatic heterocycles. The molecule has 1 amide bonds. The van der Waals surface area contributed by atoms with Crippen molar-refractivity contribution in [3.8, 4) is 0 Å². The maximum absolute atomic E-state index is 11.8. The third-order valence-electron chi connectivity index (χ3n) is 2.84. The lowest BCUT2D eigenvalue weighted by atomic mass is 10.0. The van der Waals surface area contributed by atoms with E-state index in [4.69, 9.17) is 9.63 Å². The minimum Gasteiger partial charge on any atom is -0.481 e. The minimum atomic E-state index is -0.955. The normalized spacial score (nSPS) is 14.3. The van der Waals surface area contributed by atoms with Crippen LogP contribution < -0.4 is 5.32 Å². The number of nitrogens with one attached hydrogen (secondary N) is 1. The van der Waals surface area contributed by atoms with Gasteiger partial charge in [-0.2, -0.15) is 0 Å². The number of aliphatic carboxylic acids is 1. The van der Waals surface area contributed by atoms with Crippen LogP contribution in [0.1, 0.15) is 49.9 Å². The molecule has 0 bridgehead atoms. The van der Waals surface area contributed by atoms with E-state index in [1.54, 1.807) is 13.0 Å². The summed E-state index contributed by atoms with van der Waals surface area (Å²) in [5.41, 5.74) is 0.694. The molecule has 0 saturated heterocycles. The molecule has 1 heterocycles.